The lowest BCUT2D eigenvalue weighted by Gasteiger charge is -2.22. The quantitative estimate of drug-likeness (QED) is 0.652. The zero-order valence-corrected chi connectivity index (χ0v) is 9.56. The van der Waals surface area contributed by atoms with Crippen molar-refractivity contribution in [2.45, 2.75) is 38.0 Å². The topological polar surface area (TPSA) is 17.1 Å². The molecule has 16 heavy (non-hydrogen) atoms. The van der Waals surface area contributed by atoms with E-state index >= 15 is 0 Å². The minimum Gasteiger partial charge on any atom is -0.288 e. The van der Waals surface area contributed by atoms with Crippen molar-refractivity contribution in [3.63, 3.8) is 0 Å². The van der Waals surface area contributed by atoms with Gasteiger partial charge in [0.05, 0.1) is 13.1 Å². The number of rotatable bonds is 7. The molecule has 0 fully saturated rings. The third kappa shape index (κ3) is 7.90. The summed E-state index contributed by atoms with van der Waals surface area (Å²) in [6.07, 6.45) is -3.66. The van der Waals surface area contributed by atoms with E-state index < -0.39 is 37.8 Å². The van der Waals surface area contributed by atoms with E-state index in [1.54, 1.807) is 0 Å². The van der Waals surface area contributed by atoms with E-state index in [0.29, 0.717) is 11.8 Å². The summed E-state index contributed by atoms with van der Waals surface area (Å²) in [5.41, 5.74) is 0. The number of thioether (sulfide) groups is 1. The molecular weight excluding hydrogens is 251 g/mol. The van der Waals surface area contributed by atoms with Crippen molar-refractivity contribution in [3.8, 4) is 0 Å². The van der Waals surface area contributed by atoms with Crippen molar-refractivity contribution in [1.29, 1.82) is 0 Å². The van der Waals surface area contributed by atoms with Gasteiger partial charge in [0, 0.05) is 25.5 Å². The Bertz CT molecular complexity index is 232. The van der Waals surface area contributed by atoms with E-state index in [0.717, 1.165) is 0 Å². The predicted octanol–water partition coefficient (Wildman–Crippen LogP) is 3.68. The minimum absolute atomic E-state index is 0.214. The fourth-order valence-electron chi connectivity index (χ4n) is 1.04. The Kier molecular flexibility index (Phi) is 6.28. The Morgan fingerprint density at radius 1 is 1.12 bits per heavy atom. The van der Waals surface area contributed by atoms with Gasteiger partial charge in [-0.2, -0.15) is 0 Å². The van der Waals surface area contributed by atoms with E-state index in [1.807, 2.05) is 0 Å². The smallest absolute Gasteiger partial charge is 0.256 e. The molecule has 0 rings (SSSR count). The van der Waals surface area contributed by atoms with Crippen molar-refractivity contribution in [2.24, 2.45) is 0 Å². The van der Waals surface area contributed by atoms with Crippen LogP contribution < -0.4 is 0 Å². The van der Waals surface area contributed by atoms with Gasteiger partial charge >= 0.3 is 0 Å². The van der Waals surface area contributed by atoms with E-state index in [-0.39, 0.29) is 10.9 Å². The van der Waals surface area contributed by atoms with Crippen LogP contribution >= 0.6 is 11.8 Å². The van der Waals surface area contributed by atoms with Crippen LogP contribution in [0.1, 0.15) is 26.2 Å². The normalized spacial score (nSPS) is 12.9. The summed E-state index contributed by atoms with van der Waals surface area (Å²) in [7, 11) is 0. The molecule has 0 amide bonds. The molecule has 7 heteroatoms. The summed E-state index contributed by atoms with van der Waals surface area (Å²) in [6.45, 7) is -0.119. The summed E-state index contributed by atoms with van der Waals surface area (Å²) in [5.74, 6) is -7.48. The van der Waals surface area contributed by atoms with E-state index in [2.05, 4.69) is 0 Å². The van der Waals surface area contributed by atoms with E-state index in [4.69, 9.17) is 0 Å². The zero-order valence-electron chi connectivity index (χ0n) is 8.74. The molecule has 0 aromatic heterocycles. The molecule has 0 heterocycles. The maximum Gasteiger partial charge on any atom is 0.256 e. The second-order valence-electron chi connectivity index (χ2n) is 3.42. The molecule has 1 nitrogen and oxygen atoms in total. The van der Waals surface area contributed by atoms with Crippen LogP contribution in [0, 0.1) is 0 Å². The number of carbonyl (C=O) groups is 1. The molecule has 0 aromatic rings. The first-order chi connectivity index (χ1) is 7.18. The second-order valence-corrected chi connectivity index (χ2v) is 4.69. The van der Waals surface area contributed by atoms with Gasteiger partial charge in [0.25, 0.3) is 11.8 Å². The highest BCUT2D eigenvalue weighted by atomic mass is 32.2. The van der Waals surface area contributed by atoms with Crippen LogP contribution in [-0.4, -0.2) is 29.4 Å². The van der Waals surface area contributed by atoms with Gasteiger partial charge in [0.15, 0.2) is 5.12 Å². The molecule has 0 aromatic carbocycles. The summed E-state index contributed by atoms with van der Waals surface area (Å²) in [5, 5.41) is -0.341. The largest absolute Gasteiger partial charge is 0.288 e. The van der Waals surface area contributed by atoms with Gasteiger partial charge in [-0.25, -0.2) is 17.6 Å². The molecule has 96 valence electrons. The van der Waals surface area contributed by atoms with Gasteiger partial charge < -0.3 is 0 Å². The molecule has 0 saturated heterocycles. The van der Waals surface area contributed by atoms with Crippen LogP contribution in [0.25, 0.3) is 0 Å². The molecule has 0 aliphatic rings. The summed E-state index contributed by atoms with van der Waals surface area (Å²) >= 11 is 0.660. The average molecular weight is 264 g/mol. The van der Waals surface area contributed by atoms with Crippen molar-refractivity contribution >= 4 is 16.9 Å². The van der Waals surface area contributed by atoms with Crippen molar-refractivity contribution in [1.82, 2.24) is 0 Å². The third-order valence-corrected chi connectivity index (χ3v) is 2.57. The molecule has 0 unspecified atom stereocenters. The lowest BCUT2D eigenvalue weighted by Crippen LogP contribution is -2.30. The molecule has 0 atom stereocenters. The fourth-order valence-corrected chi connectivity index (χ4v) is 1.73. The first-order valence-corrected chi connectivity index (χ1v) is 5.62. The lowest BCUT2D eigenvalue weighted by molar-refractivity contribution is -0.116. The number of hydrogen-bond acceptors (Lipinski definition) is 2. The Hall–Kier alpha value is -0.330. The van der Waals surface area contributed by atoms with Crippen molar-refractivity contribution < 1.29 is 26.7 Å². The first-order valence-electron chi connectivity index (χ1n) is 4.63. The number of hydrogen-bond donors (Lipinski definition) is 0. The molecular formula is C9H13F5OS. The highest BCUT2D eigenvalue weighted by Gasteiger charge is 2.42. The monoisotopic (exact) mass is 264 g/mol. The van der Waals surface area contributed by atoms with Gasteiger partial charge in [-0.15, -0.1) is 0 Å². The van der Waals surface area contributed by atoms with Crippen LogP contribution in [-0.2, 0) is 4.79 Å². The van der Waals surface area contributed by atoms with E-state index in [1.165, 1.54) is 6.92 Å². The van der Waals surface area contributed by atoms with Gasteiger partial charge in [-0.1, -0.05) is 11.8 Å². The predicted molar refractivity (Wildman–Crippen MR) is 52.9 cm³/mol. The molecule has 0 saturated carbocycles. The average Bonchev–Trinajstić information content (AvgIpc) is 1.99. The van der Waals surface area contributed by atoms with Crippen LogP contribution in [0.2, 0.25) is 0 Å². The molecule has 0 spiro atoms. The van der Waals surface area contributed by atoms with Crippen molar-refractivity contribution in [2.75, 3.05) is 12.4 Å². The number of carbonyl (C=O) groups excluding carboxylic acids is 1. The third-order valence-electron chi connectivity index (χ3n) is 1.75. The minimum atomic E-state index is -3.70. The second kappa shape index (κ2) is 6.42. The zero-order chi connectivity index (χ0) is 12.8. The Balaban J connectivity index is 4.07. The van der Waals surface area contributed by atoms with Crippen LogP contribution in [0.5, 0.6) is 0 Å². The van der Waals surface area contributed by atoms with Gasteiger partial charge in [0.1, 0.15) is 0 Å². The van der Waals surface area contributed by atoms with Crippen LogP contribution in [0.15, 0.2) is 0 Å². The maximum absolute atomic E-state index is 13.0. The Morgan fingerprint density at radius 3 is 2.06 bits per heavy atom. The highest BCUT2D eigenvalue weighted by molar-refractivity contribution is 8.13. The summed E-state index contributed by atoms with van der Waals surface area (Å²) in [4.78, 5) is 10.4. The molecule has 0 aliphatic heterocycles. The van der Waals surface area contributed by atoms with Crippen LogP contribution in [0.4, 0.5) is 22.0 Å². The SMILES string of the molecule is CC(=O)SCCC(F)(F)CC(F)(F)CCF. The van der Waals surface area contributed by atoms with Gasteiger partial charge in [-0.3, -0.25) is 9.18 Å². The molecule has 0 N–H and O–H groups in total. The van der Waals surface area contributed by atoms with E-state index in [9.17, 15) is 26.7 Å². The van der Waals surface area contributed by atoms with Gasteiger partial charge in [0.2, 0.25) is 0 Å². The maximum atomic E-state index is 13.0. The molecule has 0 bridgehead atoms. The standard InChI is InChI=1S/C9H13F5OS/c1-7(15)16-5-3-9(13,14)6-8(11,12)2-4-10/h2-6H2,1H3. The van der Waals surface area contributed by atoms with Crippen LogP contribution in [0.3, 0.4) is 0 Å². The summed E-state index contributed by atoms with van der Waals surface area (Å²) in [6, 6.07) is 0. The number of halogens is 5. The Morgan fingerprint density at radius 2 is 1.62 bits per heavy atom. The molecule has 0 radical (unpaired) electrons. The van der Waals surface area contributed by atoms with Crippen molar-refractivity contribution in [3.05, 3.63) is 0 Å². The fraction of sp³-hybridized carbons (Fsp3) is 0.889. The number of alkyl halides is 5. The van der Waals surface area contributed by atoms with Gasteiger partial charge in [-0.05, 0) is 0 Å². The summed E-state index contributed by atoms with van der Waals surface area (Å²) < 4.78 is 63.0. The molecule has 0 aliphatic carbocycles. The Labute approximate surface area is 94.8 Å². The highest BCUT2D eigenvalue weighted by Crippen LogP contribution is 2.35. The lowest BCUT2D eigenvalue weighted by atomic mass is 10.1. The first kappa shape index (κ1) is 15.7.